The van der Waals surface area contributed by atoms with Crippen molar-refractivity contribution in [3.8, 4) is 0 Å². The van der Waals surface area contributed by atoms with Gasteiger partial charge in [-0.05, 0) is 63.3 Å². The molecule has 4 nitrogen and oxygen atoms in total. The number of hydrogen-bond acceptors (Lipinski definition) is 3. The fraction of sp³-hybridized carbons (Fsp3) is 0.588. The number of ether oxygens (including phenoxy) is 1. The van der Waals surface area contributed by atoms with E-state index >= 15 is 0 Å². The summed E-state index contributed by atoms with van der Waals surface area (Å²) in [6, 6.07) is 3.53. The molecule has 0 spiro atoms. The van der Waals surface area contributed by atoms with Crippen molar-refractivity contribution < 1.29 is 14.6 Å². The van der Waals surface area contributed by atoms with Crippen LogP contribution in [0.3, 0.4) is 0 Å². The van der Waals surface area contributed by atoms with Gasteiger partial charge in [0.1, 0.15) is 5.60 Å². The molecular formula is C17H25Cl2NO3. The molecule has 0 fully saturated rings. The van der Waals surface area contributed by atoms with Gasteiger partial charge >= 0.3 is 6.09 Å². The van der Waals surface area contributed by atoms with Gasteiger partial charge in [0.25, 0.3) is 0 Å². The van der Waals surface area contributed by atoms with E-state index in [0.29, 0.717) is 22.2 Å². The van der Waals surface area contributed by atoms with Gasteiger partial charge in [-0.25, -0.2) is 4.79 Å². The second-order valence-electron chi connectivity index (χ2n) is 6.43. The van der Waals surface area contributed by atoms with Crippen molar-refractivity contribution in [2.45, 2.75) is 58.7 Å². The van der Waals surface area contributed by atoms with Crippen LogP contribution in [0.15, 0.2) is 12.1 Å². The maximum absolute atomic E-state index is 11.5. The largest absolute Gasteiger partial charge is 0.444 e. The number of unbranched alkanes of at least 4 members (excludes halogenated alkanes) is 2. The normalized spacial score (nSPS) is 11.4. The van der Waals surface area contributed by atoms with Gasteiger partial charge in [0.15, 0.2) is 0 Å². The van der Waals surface area contributed by atoms with E-state index in [4.69, 9.17) is 33.0 Å². The highest BCUT2D eigenvalue weighted by Gasteiger charge is 2.15. The molecule has 23 heavy (non-hydrogen) atoms. The lowest BCUT2D eigenvalue weighted by atomic mass is 10.0. The fourth-order valence-electron chi connectivity index (χ4n) is 2.06. The first-order valence-electron chi connectivity index (χ1n) is 7.77. The fourth-order valence-corrected chi connectivity index (χ4v) is 2.59. The van der Waals surface area contributed by atoms with Crippen LogP contribution in [0.4, 0.5) is 4.79 Å². The second-order valence-corrected chi connectivity index (χ2v) is 7.25. The maximum atomic E-state index is 11.5. The number of nitrogens with one attached hydrogen (secondary N) is 1. The van der Waals surface area contributed by atoms with Crippen LogP contribution in [0, 0.1) is 0 Å². The summed E-state index contributed by atoms with van der Waals surface area (Å²) in [7, 11) is 0. The molecule has 0 aliphatic carbocycles. The van der Waals surface area contributed by atoms with Crippen molar-refractivity contribution in [2.75, 3.05) is 6.54 Å². The molecule has 0 heterocycles. The molecule has 0 aromatic heterocycles. The van der Waals surface area contributed by atoms with Gasteiger partial charge in [-0.3, -0.25) is 0 Å². The van der Waals surface area contributed by atoms with E-state index < -0.39 is 5.60 Å². The number of aryl methyl sites for hydroxylation is 1. The minimum Gasteiger partial charge on any atom is -0.444 e. The highest BCUT2D eigenvalue weighted by atomic mass is 35.5. The summed E-state index contributed by atoms with van der Waals surface area (Å²) in [6.07, 6.45) is 3.22. The summed E-state index contributed by atoms with van der Waals surface area (Å²) < 4.78 is 5.16. The molecule has 0 bridgehead atoms. The number of halogens is 2. The zero-order chi connectivity index (χ0) is 17.5. The lowest BCUT2D eigenvalue weighted by molar-refractivity contribution is 0.0527. The first kappa shape index (κ1) is 20.1. The van der Waals surface area contributed by atoms with E-state index in [2.05, 4.69) is 5.32 Å². The number of aliphatic hydroxyl groups excluding tert-OH is 1. The third kappa shape index (κ3) is 7.91. The molecule has 0 radical (unpaired) electrons. The average Bonchev–Trinajstić information content (AvgIpc) is 2.43. The van der Waals surface area contributed by atoms with Crippen molar-refractivity contribution in [2.24, 2.45) is 0 Å². The van der Waals surface area contributed by atoms with Crippen LogP contribution in [0.5, 0.6) is 0 Å². The van der Waals surface area contributed by atoms with Crippen LogP contribution in [-0.2, 0) is 17.8 Å². The van der Waals surface area contributed by atoms with E-state index in [0.717, 1.165) is 31.2 Å². The summed E-state index contributed by atoms with van der Waals surface area (Å²) in [5, 5.41) is 13.0. The van der Waals surface area contributed by atoms with Crippen LogP contribution < -0.4 is 5.32 Å². The van der Waals surface area contributed by atoms with Crippen LogP contribution in [0.25, 0.3) is 0 Å². The van der Waals surface area contributed by atoms with Gasteiger partial charge < -0.3 is 15.2 Å². The Hall–Kier alpha value is -0.970. The summed E-state index contributed by atoms with van der Waals surface area (Å²) in [4.78, 5) is 11.5. The molecule has 130 valence electrons. The first-order chi connectivity index (χ1) is 10.7. The topological polar surface area (TPSA) is 58.6 Å². The van der Waals surface area contributed by atoms with Gasteiger partial charge in [0, 0.05) is 16.6 Å². The van der Waals surface area contributed by atoms with E-state index in [9.17, 15) is 4.79 Å². The highest BCUT2D eigenvalue weighted by molar-refractivity contribution is 6.34. The van der Waals surface area contributed by atoms with Crippen molar-refractivity contribution in [3.63, 3.8) is 0 Å². The first-order valence-corrected chi connectivity index (χ1v) is 8.53. The molecule has 6 heteroatoms. The standard InChI is InChI=1S/C17H25Cl2NO3/c1-17(2,3)23-16(22)20-8-6-4-5-7-12-9-15(19)13(11-21)10-14(12)18/h9-10,21H,4-8,11H2,1-3H3,(H,20,22). The van der Waals surface area contributed by atoms with E-state index in [1.165, 1.54) is 0 Å². The number of carbonyl (C=O) groups excluding carboxylic acids is 1. The summed E-state index contributed by atoms with van der Waals surface area (Å²) in [6.45, 7) is 5.98. The number of carbonyl (C=O) groups is 1. The Balaban J connectivity index is 2.26. The zero-order valence-electron chi connectivity index (χ0n) is 13.9. The van der Waals surface area contributed by atoms with Gasteiger partial charge in [-0.1, -0.05) is 29.6 Å². The molecule has 0 aliphatic heterocycles. The quantitative estimate of drug-likeness (QED) is 0.690. The third-order valence-electron chi connectivity index (χ3n) is 3.18. The Morgan fingerprint density at radius 2 is 1.74 bits per heavy atom. The molecule has 2 N–H and O–H groups in total. The number of hydrogen-bond donors (Lipinski definition) is 2. The molecule has 1 aromatic carbocycles. The summed E-state index contributed by atoms with van der Waals surface area (Å²) in [5.41, 5.74) is 1.15. The highest BCUT2D eigenvalue weighted by Crippen LogP contribution is 2.26. The SMILES string of the molecule is CC(C)(C)OC(=O)NCCCCCc1cc(Cl)c(CO)cc1Cl. The number of amides is 1. The Kier molecular flexibility index (Phi) is 8.17. The zero-order valence-corrected chi connectivity index (χ0v) is 15.4. The Labute approximate surface area is 148 Å². The Morgan fingerprint density at radius 3 is 2.35 bits per heavy atom. The van der Waals surface area contributed by atoms with Gasteiger partial charge in [-0.2, -0.15) is 0 Å². The van der Waals surface area contributed by atoms with Crippen LogP contribution in [-0.4, -0.2) is 23.3 Å². The monoisotopic (exact) mass is 361 g/mol. The molecule has 0 aliphatic rings. The molecule has 0 saturated carbocycles. The lowest BCUT2D eigenvalue weighted by Gasteiger charge is -2.19. The van der Waals surface area contributed by atoms with E-state index in [-0.39, 0.29) is 12.7 Å². The molecule has 0 saturated heterocycles. The van der Waals surface area contributed by atoms with Crippen LogP contribution >= 0.6 is 23.2 Å². The van der Waals surface area contributed by atoms with Gasteiger partial charge in [0.05, 0.1) is 6.61 Å². The lowest BCUT2D eigenvalue weighted by Crippen LogP contribution is -2.32. The molecule has 1 amide bonds. The third-order valence-corrected chi connectivity index (χ3v) is 3.88. The van der Waals surface area contributed by atoms with E-state index in [1.807, 2.05) is 26.8 Å². The van der Waals surface area contributed by atoms with Crippen LogP contribution in [0.1, 0.15) is 51.2 Å². The predicted molar refractivity (Wildman–Crippen MR) is 94.2 cm³/mol. The average molecular weight is 362 g/mol. The Morgan fingerprint density at radius 1 is 1.13 bits per heavy atom. The smallest absolute Gasteiger partial charge is 0.407 e. The van der Waals surface area contributed by atoms with Crippen molar-refractivity contribution in [3.05, 3.63) is 33.3 Å². The molecule has 1 aromatic rings. The number of alkyl carbamates (subject to hydrolysis) is 1. The van der Waals surface area contributed by atoms with E-state index in [1.54, 1.807) is 6.07 Å². The molecule has 1 rings (SSSR count). The predicted octanol–water partition coefficient (Wildman–Crippen LogP) is 4.72. The van der Waals surface area contributed by atoms with Gasteiger partial charge in [-0.15, -0.1) is 0 Å². The maximum Gasteiger partial charge on any atom is 0.407 e. The molecule has 0 atom stereocenters. The second kappa shape index (κ2) is 9.36. The summed E-state index contributed by atoms with van der Waals surface area (Å²) in [5.74, 6) is 0. The minimum atomic E-state index is -0.471. The molecular weight excluding hydrogens is 337 g/mol. The van der Waals surface area contributed by atoms with Gasteiger partial charge in [0.2, 0.25) is 0 Å². The number of benzene rings is 1. The Bertz CT molecular complexity index is 527. The number of aliphatic hydroxyl groups is 1. The van der Waals surface area contributed by atoms with Crippen molar-refractivity contribution in [1.82, 2.24) is 5.32 Å². The molecule has 0 unspecified atom stereocenters. The van der Waals surface area contributed by atoms with Crippen LogP contribution in [0.2, 0.25) is 10.0 Å². The number of rotatable bonds is 7. The summed E-state index contributed by atoms with van der Waals surface area (Å²) >= 11 is 12.3. The minimum absolute atomic E-state index is 0.116. The van der Waals surface area contributed by atoms with Crippen molar-refractivity contribution in [1.29, 1.82) is 0 Å². The van der Waals surface area contributed by atoms with Crippen molar-refractivity contribution >= 4 is 29.3 Å².